The Balaban J connectivity index is 1.76. The van der Waals surface area contributed by atoms with Gasteiger partial charge in [0.15, 0.2) is 5.13 Å². The van der Waals surface area contributed by atoms with Gasteiger partial charge in [-0.15, -0.1) is 11.3 Å². The fourth-order valence-electron chi connectivity index (χ4n) is 2.36. The first-order valence-corrected chi connectivity index (χ1v) is 7.76. The SMILES string of the molecule is CC(C)c1cnc(NC(=O)C2(c3ccccc3)CC2)s1. The van der Waals surface area contributed by atoms with E-state index in [0.29, 0.717) is 11.0 Å². The highest BCUT2D eigenvalue weighted by Gasteiger charge is 2.51. The minimum atomic E-state index is -0.328. The molecule has 1 aliphatic rings. The summed E-state index contributed by atoms with van der Waals surface area (Å²) in [5, 5.41) is 3.70. The van der Waals surface area contributed by atoms with E-state index in [4.69, 9.17) is 0 Å². The molecule has 0 spiro atoms. The molecule has 1 heterocycles. The molecule has 0 radical (unpaired) electrons. The molecule has 0 unspecified atom stereocenters. The Morgan fingerprint density at radius 2 is 2.00 bits per heavy atom. The number of carbonyl (C=O) groups excluding carboxylic acids is 1. The Labute approximate surface area is 123 Å². The number of thiazole rings is 1. The van der Waals surface area contributed by atoms with E-state index in [1.807, 2.05) is 36.5 Å². The Bertz CT molecular complexity index is 614. The molecule has 1 aromatic heterocycles. The molecule has 3 nitrogen and oxygen atoms in total. The number of nitrogens with zero attached hydrogens (tertiary/aromatic N) is 1. The van der Waals surface area contributed by atoms with Crippen molar-refractivity contribution >= 4 is 22.4 Å². The third-order valence-electron chi connectivity index (χ3n) is 3.82. The highest BCUT2D eigenvalue weighted by Crippen LogP contribution is 2.49. The van der Waals surface area contributed by atoms with Gasteiger partial charge in [-0.1, -0.05) is 44.2 Å². The Kier molecular flexibility index (Phi) is 3.34. The van der Waals surface area contributed by atoms with Crippen LogP contribution in [0.3, 0.4) is 0 Å². The van der Waals surface area contributed by atoms with Gasteiger partial charge in [0.05, 0.1) is 5.41 Å². The molecule has 4 heteroatoms. The summed E-state index contributed by atoms with van der Waals surface area (Å²) >= 11 is 1.57. The molecular weight excluding hydrogens is 268 g/mol. The summed E-state index contributed by atoms with van der Waals surface area (Å²) in [5.74, 6) is 0.524. The van der Waals surface area contributed by atoms with Crippen LogP contribution in [0.25, 0.3) is 0 Å². The molecule has 104 valence electrons. The van der Waals surface area contributed by atoms with E-state index >= 15 is 0 Å². The van der Waals surface area contributed by atoms with E-state index in [0.717, 1.165) is 18.4 Å². The topological polar surface area (TPSA) is 42.0 Å². The molecular formula is C16H18N2OS. The first-order chi connectivity index (χ1) is 9.62. The van der Waals surface area contributed by atoms with Crippen molar-refractivity contribution in [3.05, 3.63) is 47.0 Å². The van der Waals surface area contributed by atoms with Crippen LogP contribution in [0, 0.1) is 0 Å². The van der Waals surface area contributed by atoms with Crippen LogP contribution in [0.5, 0.6) is 0 Å². The van der Waals surface area contributed by atoms with Crippen LogP contribution in [0.4, 0.5) is 5.13 Å². The smallest absolute Gasteiger partial charge is 0.236 e. The summed E-state index contributed by atoms with van der Waals surface area (Å²) < 4.78 is 0. The molecule has 1 saturated carbocycles. The number of anilines is 1. The van der Waals surface area contributed by atoms with Gasteiger partial charge in [0.2, 0.25) is 5.91 Å². The van der Waals surface area contributed by atoms with Gasteiger partial charge in [-0.05, 0) is 24.3 Å². The van der Waals surface area contributed by atoms with Gasteiger partial charge in [-0.25, -0.2) is 4.98 Å². The van der Waals surface area contributed by atoms with Crippen molar-refractivity contribution in [2.24, 2.45) is 0 Å². The van der Waals surface area contributed by atoms with E-state index in [1.165, 1.54) is 4.88 Å². The molecule has 0 bridgehead atoms. The second-order valence-electron chi connectivity index (χ2n) is 5.62. The Morgan fingerprint density at radius 1 is 1.30 bits per heavy atom. The normalized spacial score (nSPS) is 16.1. The lowest BCUT2D eigenvalue weighted by atomic mass is 9.95. The van der Waals surface area contributed by atoms with Crippen LogP contribution in [0.15, 0.2) is 36.5 Å². The predicted molar refractivity (Wildman–Crippen MR) is 82.2 cm³/mol. The highest BCUT2D eigenvalue weighted by atomic mass is 32.1. The molecule has 0 aliphatic heterocycles. The summed E-state index contributed by atoms with van der Waals surface area (Å²) in [7, 11) is 0. The zero-order valence-electron chi connectivity index (χ0n) is 11.7. The number of rotatable bonds is 4. The van der Waals surface area contributed by atoms with Gasteiger partial charge in [-0.3, -0.25) is 4.79 Å². The molecule has 2 aromatic rings. The molecule has 3 rings (SSSR count). The van der Waals surface area contributed by atoms with Crippen molar-refractivity contribution in [2.75, 3.05) is 5.32 Å². The van der Waals surface area contributed by atoms with Crippen LogP contribution in [-0.2, 0) is 10.2 Å². The summed E-state index contributed by atoms with van der Waals surface area (Å²) in [6.07, 6.45) is 3.70. The molecule has 1 amide bonds. The number of carbonyl (C=O) groups is 1. The summed E-state index contributed by atoms with van der Waals surface area (Å²) in [5.41, 5.74) is 0.781. The maximum Gasteiger partial charge on any atom is 0.236 e. The van der Waals surface area contributed by atoms with Crippen molar-refractivity contribution in [3.63, 3.8) is 0 Å². The largest absolute Gasteiger partial charge is 0.301 e. The number of nitrogens with one attached hydrogen (secondary N) is 1. The zero-order chi connectivity index (χ0) is 14.2. The van der Waals surface area contributed by atoms with Gasteiger partial charge >= 0.3 is 0 Å². The van der Waals surface area contributed by atoms with Gasteiger partial charge in [0.1, 0.15) is 0 Å². The fraction of sp³-hybridized carbons (Fsp3) is 0.375. The molecule has 1 fully saturated rings. The maximum absolute atomic E-state index is 12.5. The number of hydrogen-bond acceptors (Lipinski definition) is 3. The second-order valence-corrected chi connectivity index (χ2v) is 6.69. The summed E-state index contributed by atoms with van der Waals surface area (Å²) in [4.78, 5) is 18.0. The van der Waals surface area contributed by atoms with Gasteiger partial charge in [0, 0.05) is 11.1 Å². The second kappa shape index (κ2) is 5.02. The first-order valence-electron chi connectivity index (χ1n) is 6.94. The van der Waals surface area contributed by atoms with Crippen LogP contribution in [0.1, 0.15) is 43.0 Å². The van der Waals surface area contributed by atoms with Crippen molar-refractivity contribution in [3.8, 4) is 0 Å². The zero-order valence-corrected chi connectivity index (χ0v) is 12.5. The van der Waals surface area contributed by atoms with Crippen LogP contribution >= 0.6 is 11.3 Å². The minimum Gasteiger partial charge on any atom is -0.301 e. The average molecular weight is 286 g/mol. The van der Waals surface area contributed by atoms with Gasteiger partial charge in [-0.2, -0.15) is 0 Å². The lowest BCUT2D eigenvalue weighted by Crippen LogP contribution is -2.27. The monoisotopic (exact) mass is 286 g/mol. The fourth-order valence-corrected chi connectivity index (χ4v) is 3.17. The molecule has 0 saturated heterocycles. The van der Waals surface area contributed by atoms with Gasteiger partial charge in [0.25, 0.3) is 0 Å². The molecule has 1 N–H and O–H groups in total. The number of hydrogen-bond donors (Lipinski definition) is 1. The van der Waals surface area contributed by atoms with Crippen molar-refractivity contribution in [2.45, 2.75) is 38.0 Å². The van der Waals surface area contributed by atoms with Crippen molar-refractivity contribution < 1.29 is 4.79 Å². The van der Waals surface area contributed by atoms with Crippen LogP contribution < -0.4 is 5.32 Å². The highest BCUT2D eigenvalue weighted by molar-refractivity contribution is 7.15. The number of benzene rings is 1. The van der Waals surface area contributed by atoms with Crippen LogP contribution in [-0.4, -0.2) is 10.9 Å². The lowest BCUT2D eigenvalue weighted by Gasteiger charge is -2.14. The van der Waals surface area contributed by atoms with Gasteiger partial charge < -0.3 is 5.32 Å². The van der Waals surface area contributed by atoms with Crippen molar-refractivity contribution in [1.82, 2.24) is 4.98 Å². The summed E-state index contributed by atoms with van der Waals surface area (Å²) in [6.45, 7) is 4.26. The lowest BCUT2D eigenvalue weighted by molar-refractivity contribution is -0.118. The number of amides is 1. The average Bonchev–Trinajstić information content (AvgIpc) is 3.14. The van der Waals surface area contributed by atoms with E-state index in [1.54, 1.807) is 11.3 Å². The van der Waals surface area contributed by atoms with E-state index in [-0.39, 0.29) is 11.3 Å². The molecule has 1 aliphatic carbocycles. The predicted octanol–water partition coefficient (Wildman–Crippen LogP) is 3.94. The standard InChI is InChI=1S/C16H18N2OS/c1-11(2)13-10-17-15(20-13)18-14(19)16(8-9-16)12-6-4-3-5-7-12/h3-7,10-11H,8-9H2,1-2H3,(H,17,18,19). The molecule has 0 atom stereocenters. The molecule has 1 aromatic carbocycles. The van der Waals surface area contributed by atoms with Crippen LogP contribution in [0.2, 0.25) is 0 Å². The summed E-state index contributed by atoms with van der Waals surface area (Å²) in [6, 6.07) is 10.0. The molecule has 20 heavy (non-hydrogen) atoms. The minimum absolute atomic E-state index is 0.0772. The maximum atomic E-state index is 12.5. The quantitative estimate of drug-likeness (QED) is 0.925. The Hall–Kier alpha value is -1.68. The third-order valence-corrected chi connectivity index (χ3v) is 5.04. The van der Waals surface area contributed by atoms with E-state index < -0.39 is 0 Å². The van der Waals surface area contributed by atoms with E-state index in [9.17, 15) is 4.79 Å². The Morgan fingerprint density at radius 3 is 2.55 bits per heavy atom. The number of aromatic nitrogens is 1. The first kappa shape index (κ1) is 13.3. The van der Waals surface area contributed by atoms with E-state index in [2.05, 4.69) is 24.1 Å². The van der Waals surface area contributed by atoms with Crippen molar-refractivity contribution in [1.29, 1.82) is 0 Å². The third kappa shape index (κ3) is 2.36.